The number of nitrogens with one attached hydrogen (secondary N) is 1. The number of amides is 1. The third kappa shape index (κ3) is 3.62. The van der Waals surface area contributed by atoms with Gasteiger partial charge in [0.15, 0.2) is 0 Å². The molecule has 98 valence electrons. The molecule has 18 heavy (non-hydrogen) atoms. The Labute approximate surface area is 125 Å². The lowest BCUT2D eigenvalue weighted by Gasteiger charge is -2.12. The van der Waals surface area contributed by atoms with Gasteiger partial charge in [0, 0.05) is 15.9 Å². The summed E-state index contributed by atoms with van der Waals surface area (Å²) >= 11 is 15.3. The van der Waals surface area contributed by atoms with Crippen molar-refractivity contribution in [3.8, 4) is 0 Å². The topological polar surface area (TPSA) is 29.1 Å². The second-order valence-corrected chi connectivity index (χ2v) is 6.35. The van der Waals surface area contributed by atoms with E-state index >= 15 is 0 Å². The zero-order valence-electron chi connectivity index (χ0n) is 9.81. The molecule has 0 heterocycles. The van der Waals surface area contributed by atoms with Crippen molar-refractivity contribution in [3.05, 3.63) is 26.7 Å². The van der Waals surface area contributed by atoms with Crippen molar-refractivity contribution >= 4 is 50.7 Å². The first-order valence-electron chi connectivity index (χ1n) is 6.00. The number of halogens is 3. The fourth-order valence-corrected chi connectivity index (χ4v) is 3.67. The van der Waals surface area contributed by atoms with E-state index in [0.717, 1.165) is 12.8 Å². The minimum Gasteiger partial charge on any atom is -0.324 e. The van der Waals surface area contributed by atoms with E-state index in [1.165, 1.54) is 12.8 Å². The third-order valence-corrected chi connectivity index (χ3v) is 4.36. The molecule has 1 saturated carbocycles. The molecule has 2 nitrogen and oxygen atoms in total. The highest BCUT2D eigenvalue weighted by Crippen LogP contribution is 2.34. The Hall–Kier alpha value is -0.250. The van der Waals surface area contributed by atoms with Gasteiger partial charge in [-0.05, 0) is 46.8 Å². The Morgan fingerprint density at radius 3 is 2.61 bits per heavy atom. The van der Waals surface area contributed by atoms with Crippen molar-refractivity contribution in [2.45, 2.75) is 32.1 Å². The van der Waals surface area contributed by atoms with Gasteiger partial charge in [0.1, 0.15) is 0 Å². The van der Waals surface area contributed by atoms with Crippen LogP contribution in [0.5, 0.6) is 0 Å². The minimum atomic E-state index is 0.0202. The molecule has 1 aromatic rings. The molecular weight excluding hydrogens is 337 g/mol. The van der Waals surface area contributed by atoms with Crippen LogP contribution in [0.15, 0.2) is 16.6 Å². The van der Waals surface area contributed by atoms with Crippen LogP contribution in [0.4, 0.5) is 5.69 Å². The molecule has 0 aliphatic heterocycles. The summed E-state index contributed by atoms with van der Waals surface area (Å²) < 4.78 is 0.708. The molecule has 2 rings (SSSR count). The first-order chi connectivity index (χ1) is 8.56. The van der Waals surface area contributed by atoms with E-state index in [2.05, 4.69) is 21.2 Å². The quantitative estimate of drug-likeness (QED) is 0.789. The number of rotatable bonds is 3. The Bertz CT molecular complexity index is 435. The smallest absolute Gasteiger partial charge is 0.224 e. The lowest BCUT2D eigenvalue weighted by Crippen LogP contribution is -2.15. The van der Waals surface area contributed by atoms with E-state index in [4.69, 9.17) is 23.2 Å². The number of hydrogen-bond acceptors (Lipinski definition) is 1. The summed E-state index contributed by atoms with van der Waals surface area (Å²) in [4.78, 5) is 11.9. The van der Waals surface area contributed by atoms with Gasteiger partial charge in [-0.1, -0.05) is 36.0 Å². The lowest BCUT2D eigenvalue weighted by atomic mass is 10.0. The van der Waals surface area contributed by atoms with Crippen LogP contribution in [0, 0.1) is 5.92 Å². The average molecular weight is 351 g/mol. The van der Waals surface area contributed by atoms with Crippen LogP contribution in [-0.4, -0.2) is 5.91 Å². The van der Waals surface area contributed by atoms with Gasteiger partial charge < -0.3 is 5.32 Å². The first-order valence-corrected chi connectivity index (χ1v) is 7.55. The Balaban J connectivity index is 2.02. The molecule has 0 spiro atoms. The molecular formula is C13H14BrCl2NO. The van der Waals surface area contributed by atoms with Crippen molar-refractivity contribution in [1.82, 2.24) is 0 Å². The standard InChI is InChI=1S/C13H14BrCl2NO/c14-10-6-9(15)7-11(16)13(10)17-12(18)5-8-3-1-2-4-8/h6-8H,1-5H2,(H,17,18). The van der Waals surface area contributed by atoms with Crippen molar-refractivity contribution in [1.29, 1.82) is 0 Å². The minimum absolute atomic E-state index is 0.0202. The SMILES string of the molecule is O=C(CC1CCCC1)Nc1c(Cl)cc(Cl)cc1Br. The summed E-state index contributed by atoms with van der Waals surface area (Å²) in [5, 5.41) is 3.85. The van der Waals surface area contributed by atoms with Gasteiger partial charge in [-0.3, -0.25) is 4.79 Å². The molecule has 1 aliphatic rings. The van der Waals surface area contributed by atoms with Crippen LogP contribution in [0.1, 0.15) is 32.1 Å². The van der Waals surface area contributed by atoms with Gasteiger partial charge in [0.05, 0.1) is 10.7 Å². The van der Waals surface area contributed by atoms with Crippen LogP contribution in [0.3, 0.4) is 0 Å². The molecule has 0 radical (unpaired) electrons. The summed E-state index contributed by atoms with van der Waals surface area (Å²) in [6.45, 7) is 0. The van der Waals surface area contributed by atoms with E-state index in [-0.39, 0.29) is 5.91 Å². The largest absolute Gasteiger partial charge is 0.324 e. The first kappa shape index (κ1) is 14.2. The summed E-state index contributed by atoms with van der Waals surface area (Å²) in [6, 6.07) is 3.34. The van der Waals surface area contributed by atoms with Crippen LogP contribution in [-0.2, 0) is 4.79 Å². The summed E-state index contributed by atoms with van der Waals surface area (Å²) in [5.41, 5.74) is 0.601. The highest BCUT2D eigenvalue weighted by molar-refractivity contribution is 9.10. The fourth-order valence-electron chi connectivity index (χ4n) is 2.33. The molecule has 0 unspecified atom stereocenters. The number of anilines is 1. The Kier molecular flexibility index (Phi) is 4.93. The Morgan fingerprint density at radius 1 is 1.33 bits per heavy atom. The second kappa shape index (κ2) is 6.27. The zero-order valence-corrected chi connectivity index (χ0v) is 12.9. The molecule has 0 bridgehead atoms. The number of carbonyl (C=O) groups excluding carboxylic acids is 1. The molecule has 0 atom stereocenters. The number of carbonyl (C=O) groups is 1. The summed E-state index contributed by atoms with van der Waals surface area (Å²) in [6.07, 6.45) is 5.37. The Morgan fingerprint density at radius 2 is 2.00 bits per heavy atom. The van der Waals surface area contributed by atoms with E-state index < -0.39 is 0 Å². The predicted molar refractivity (Wildman–Crippen MR) is 79.4 cm³/mol. The van der Waals surface area contributed by atoms with Crippen LogP contribution in [0.25, 0.3) is 0 Å². The molecule has 1 aliphatic carbocycles. The lowest BCUT2D eigenvalue weighted by molar-refractivity contribution is -0.117. The van der Waals surface area contributed by atoms with Crippen molar-refractivity contribution in [2.75, 3.05) is 5.32 Å². The van der Waals surface area contributed by atoms with E-state index in [1.807, 2.05) is 0 Å². The summed E-state index contributed by atoms with van der Waals surface area (Å²) in [7, 11) is 0. The maximum absolute atomic E-state index is 11.9. The van der Waals surface area contributed by atoms with Crippen molar-refractivity contribution in [2.24, 2.45) is 5.92 Å². The zero-order chi connectivity index (χ0) is 13.1. The molecule has 5 heteroatoms. The van der Waals surface area contributed by atoms with Gasteiger partial charge >= 0.3 is 0 Å². The predicted octanol–water partition coefficient (Wildman–Crippen LogP) is 5.27. The summed E-state index contributed by atoms with van der Waals surface area (Å²) in [5.74, 6) is 0.543. The molecule has 1 fully saturated rings. The van der Waals surface area contributed by atoms with Gasteiger partial charge in [0.25, 0.3) is 0 Å². The molecule has 1 N–H and O–H groups in total. The molecule has 0 saturated heterocycles. The highest BCUT2D eigenvalue weighted by atomic mass is 79.9. The van der Waals surface area contributed by atoms with Gasteiger partial charge in [-0.2, -0.15) is 0 Å². The van der Waals surface area contributed by atoms with Crippen LogP contribution < -0.4 is 5.32 Å². The number of benzene rings is 1. The maximum atomic E-state index is 11.9. The molecule has 1 amide bonds. The van der Waals surface area contributed by atoms with Crippen molar-refractivity contribution < 1.29 is 4.79 Å². The second-order valence-electron chi connectivity index (χ2n) is 4.65. The maximum Gasteiger partial charge on any atom is 0.224 e. The van der Waals surface area contributed by atoms with Crippen LogP contribution >= 0.6 is 39.1 Å². The van der Waals surface area contributed by atoms with E-state index in [9.17, 15) is 4.79 Å². The van der Waals surface area contributed by atoms with Gasteiger partial charge in [0.2, 0.25) is 5.91 Å². The van der Waals surface area contributed by atoms with Gasteiger partial charge in [-0.25, -0.2) is 0 Å². The monoisotopic (exact) mass is 349 g/mol. The fraction of sp³-hybridized carbons (Fsp3) is 0.462. The van der Waals surface area contributed by atoms with Gasteiger partial charge in [-0.15, -0.1) is 0 Å². The van der Waals surface area contributed by atoms with Crippen molar-refractivity contribution in [3.63, 3.8) is 0 Å². The number of hydrogen-bond donors (Lipinski definition) is 1. The van der Waals surface area contributed by atoms with E-state index in [1.54, 1.807) is 12.1 Å². The highest BCUT2D eigenvalue weighted by Gasteiger charge is 2.19. The molecule has 1 aromatic carbocycles. The third-order valence-electron chi connectivity index (χ3n) is 3.22. The molecule has 0 aromatic heterocycles. The normalized spacial score (nSPS) is 15.9. The average Bonchev–Trinajstić information content (AvgIpc) is 2.76. The van der Waals surface area contributed by atoms with Crippen LogP contribution in [0.2, 0.25) is 10.0 Å². The van der Waals surface area contributed by atoms with E-state index in [0.29, 0.717) is 32.5 Å².